The minimum Gasteiger partial charge on any atom is -0.327 e. The fourth-order valence-corrected chi connectivity index (χ4v) is 3.29. The highest BCUT2D eigenvalue weighted by Gasteiger charge is 2.40. The van der Waals surface area contributed by atoms with Gasteiger partial charge in [-0.05, 0) is 13.3 Å². The number of carbonyl (C=O) groups excluding carboxylic acids is 1. The van der Waals surface area contributed by atoms with Gasteiger partial charge in [0.1, 0.15) is 0 Å². The molecular weight excluding hydrogens is 234 g/mol. The van der Waals surface area contributed by atoms with Gasteiger partial charge in [-0.1, -0.05) is 6.92 Å². The fourth-order valence-electron chi connectivity index (χ4n) is 2.31. The largest absolute Gasteiger partial charge is 0.327 e. The second kappa shape index (κ2) is 5.59. The van der Waals surface area contributed by atoms with E-state index in [1.54, 1.807) is 0 Å². The maximum atomic E-state index is 12.2. The van der Waals surface area contributed by atoms with Gasteiger partial charge in [0, 0.05) is 37.7 Å². The SMILES string of the molecule is CCC1(C)NCN(CCN2CCSCC2)C1=O. The summed E-state index contributed by atoms with van der Waals surface area (Å²) in [6.07, 6.45) is 0.864. The van der Waals surface area contributed by atoms with Crippen LogP contribution in [0.1, 0.15) is 20.3 Å². The predicted molar refractivity (Wildman–Crippen MR) is 72.2 cm³/mol. The lowest BCUT2D eigenvalue weighted by Crippen LogP contribution is -2.44. The minimum atomic E-state index is -0.322. The van der Waals surface area contributed by atoms with Crippen molar-refractivity contribution in [3.8, 4) is 0 Å². The standard InChI is InChI=1S/C12H23N3OS/c1-3-12(2)11(16)15(10-13-12)5-4-14-6-8-17-9-7-14/h13H,3-10H2,1-2H3. The van der Waals surface area contributed by atoms with Crippen LogP contribution in [0.15, 0.2) is 0 Å². The number of carbonyl (C=O) groups is 1. The molecule has 0 radical (unpaired) electrons. The van der Waals surface area contributed by atoms with E-state index in [1.807, 2.05) is 23.6 Å². The molecule has 17 heavy (non-hydrogen) atoms. The maximum absolute atomic E-state index is 12.2. The van der Waals surface area contributed by atoms with Crippen molar-refractivity contribution < 1.29 is 4.79 Å². The maximum Gasteiger partial charge on any atom is 0.243 e. The summed E-state index contributed by atoms with van der Waals surface area (Å²) >= 11 is 2.03. The van der Waals surface area contributed by atoms with Crippen LogP contribution in [-0.4, -0.2) is 65.6 Å². The van der Waals surface area contributed by atoms with E-state index >= 15 is 0 Å². The first-order valence-electron chi connectivity index (χ1n) is 6.50. The van der Waals surface area contributed by atoms with Gasteiger partial charge in [-0.15, -0.1) is 0 Å². The lowest BCUT2D eigenvalue weighted by atomic mass is 9.99. The van der Waals surface area contributed by atoms with E-state index in [9.17, 15) is 4.79 Å². The van der Waals surface area contributed by atoms with Gasteiger partial charge in [0.15, 0.2) is 0 Å². The Morgan fingerprint density at radius 2 is 2.06 bits per heavy atom. The van der Waals surface area contributed by atoms with Crippen molar-refractivity contribution in [1.29, 1.82) is 0 Å². The fraction of sp³-hybridized carbons (Fsp3) is 0.917. The van der Waals surface area contributed by atoms with E-state index in [1.165, 1.54) is 24.6 Å². The van der Waals surface area contributed by atoms with Gasteiger partial charge >= 0.3 is 0 Å². The van der Waals surface area contributed by atoms with E-state index in [0.717, 1.165) is 19.5 Å². The Morgan fingerprint density at radius 3 is 2.65 bits per heavy atom. The topological polar surface area (TPSA) is 35.6 Å². The van der Waals surface area contributed by atoms with Crippen molar-refractivity contribution >= 4 is 17.7 Å². The zero-order valence-corrected chi connectivity index (χ0v) is 11.7. The van der Waals surface area contributed by atoms with E-state index < -0.39 is 0 Å². The third-order valence-electron chi connectivity index (χ3n) is 3.92. The summed E-state index contributed by atoms with van der Waals surface area (Å²) in [6.45, 7) is 9.02. The van der Waals surface area contributed by atoms with Crippen LogP contribution in [0.3, 0.4) is 0 Å². The molecule has 2 rings (SSSR count). The zero-order chi connectivity index (χ0) is 12.3. The summed E-state index contributed by atoms with van der Waals surface area (Å²) in [5, 5.41) is 3.32. The van der Waals surface area contributed by atoms with Crippen LogP contribution in [0.4, 0.5) is 0 Å². The molecule has 5 heteroatoms. The molecule has 0 aromatic carbocycles. The van der Waals surface area contributed by atoms with Crippen molar-refractivity contribution in [1.82, 2.24) is 15.1 Å². The van der Waals surface area contributed by atoms with Crippen molar-refractivity contribution in [3.05, 3.63) is 0 Å². The molecule has 0 aliphatic carbocycles. The number of hydrogen-bond acceptors (Lipinski definition) is 4. The van der Waals surface area contributed by atoms with E-state index in [0.29, 0.717) is 6.67 Å². The molecule has 0 saturated carbocycles. The molecule has 2 aliphatic rings. The molecule has 2 saturated heterocycles. The molecule has 98 valence electrons. The highest BCUT2D eigenvalue weighted by Crippen LogP contribution is 2.19. The smallest absolute Gasteiger partial charge is 0.243 e. The minimum absolute atomic E-state index is 0.270. The average molecular weight is 257 g/mol. The second-order valence-electron chi connectivity index (χ2n) is 5.04. The summed E-state index contributed by atoms with van der Waals surface area (Å²) in [5.74, 6) is 2.74. The number of nitrogens with one attached hydrogen (secondary N) is 1. The first-order valence-corrected chi connectivity index (χ1v) is 7.66. The van der Waals surface area contributed by atoms with Crippen LogP contribution in [0.25, 0.3) is 0 Å². The highest BCUT2D eigenvalue weighted by atomic mass is 32.2. The van der Waals surface area contributed by atoms with Crippen molar-refractivity contribution in [2.45, 2.75) is 25.8 Å². The molecule has 0 aromatic rings. The zero-order valence-electron chi connectivity index (χ0n) is 10.9. The molecule has 1 N–H and O–H groups in total. The molecule has 1 amide bonds. The molecule has 1 atom stereocenters. The van der Waals surface area contributed by atoms with Gasteiger partial charge in [-0.3, -0.25) is 15.0 Å². The summed E-state index contributed by atoms with van der Waals surface area (Å²) in [7, 11) is 0. The van der Waals surface area contributed by atoms with Gasteiger partial charge in [0.05, 0.1) is 12.2 Å². The number of hydrogen-bond donors (Lipinski definition) is 1. The summed E-state index contributed by atoms with van der Waals surface area (Å²) in [4.78, 5) is 16.6. The van der Waals surface area contributed by atoms with Gasteiger partial charge in [0.2, 0.25) is 5.91 Å². The first-order chi connectivity index (χ1) is 8.15. The normalized spacial score (nSPS) is 31.2. The Balaban J connectivity index is 1.78. The number of thioether (sulfide) groups is 1. The Labute approximate surface area is 108 Å². The van der Waals surface area contributed by atoms with Crippen molar-refractivity contribution in [2.24, 2.45) is 0 Å². The van der Waals surface area contributed by atoms with Crippen LogP contribution in [0, 0.1) is 0 Å². The molecule has 2 aliphatic heterocycles. The third-order valence-corrected chi connectivity index (χ3v) is 4.86. The molecule has 0 aromatic heterocycles. The Kier molecular flexibility index (Phi) is 4.33. The van der Waals surface area contributed by atoms with E-state index in [4.69, 9.17) is 0 Å². The first kappa shape index (κ1) is 13.2. The number of nitrogens with zero attached hydrogens (tertiary/aromatic N) is 2. The van der Waals surface area contributed by atoms with Crippen LogP contribution in [-0.2, 0) is 4.79 Å². The van der Waals surface area contributed by atoms with Gasteiger partial charge < -0.3 is 4.90 Å². The predicted octanol–water partition coefficient (Wildman–Crippen LogP) is 0.593. The Hall–Kier alpha value is -0.260. The van der Waals surface area contributed by atoms with Gasteiger partial charge in [-0.2, -0.15) is 11.8 Å². The van der Waals surface area contributed by atoms with Crippen molar-refractivity contribution in [3.63, 3.8) is 0 Å². The number of amides is 1. The Bertz CT molecular complexity index is 281. The summed E-state index contributed by atoms with van der Waals surface area (Å²) in [6, 6.07) is 0. The van der Waals surface area contributed by atoms with Crippen LogP contribution < -0.4 is 5.32 Å². The molecule has 4 nitrogen and oxygen atoms in total. The van der Waals surface area contributed by atoms with Crippen molar-refractivity contribution in [2.75, 3.05) is 44.4 Å². The third kappa shape index (κ3) is 2.95. The molecule has 1 unspecified atom stereocenters. The molecule has 0 bridgehead atoms. The molecule has 2 fully saturated rings. The quantitative estimate of drug-likeness (QED) is 0.800. The lowest BCUT2D eigenvalue weighted by Gasteiger charge is -2.28. The summed E-state index contributed by atoms with van der Waals surface area (Å²) < 4.78 is 0. The molecule has 0 spiro atoms. The average Bonchev–Trinajstić information content (AvgIpc) is 2.66. The van der Waals surface area contributed by atoms with Crippen LogP contribution >= 0.6 is 11.8 Å². The molecule has 2 heterocycles. The summed E-state index contributed by atoms with van der Waals surface area (Å²) in [5.41, 5.74) is -0.322. The van der Waals surface area contributed by atoms with Gasteiger partial charge in [-0.25, -0.2) is 0 Å². The van der Waals surface area contributed by atoms with Gasteiger partial charge in [0.25, 0.3) is 0 Å². The highest BCUT2D eigenvalue weighted by molar-refractivity contribution is 7.99. The lowest BCUT2D eigenvalue weighted by molar-refractivity contribution is -0.132. The van der Waals surface area contributed by atoms with E-state index in [-0.39, 0.29) is 11.4 Å². The van der Waals surface area contributed by atoms with Crippen LogP contribution in [0.5, 0.6) is 0 Å². The second-order valence-corrected chi connectivity index (χ2v) is 6.27. The molecular formula is C12H23N3OS. The van der Waals surface area contributed by atoms with Crippen LogP contribution in [0.2, 0.25) is 0 Å². The Morgan fingerprint density at radius 1 is 1.35 bits per heavy atom. The number of rotatable bonds is 4. The van der Waals surface area contributed by atoms with E-state index in [2.05, 4.69) is 17.1 Å². The monoisotopic (exact) mass is 257 g/mol.